The fourth-order valence-corrected chi connectivity index (χ4v) is 5.27. The molecule has 3 aromatic rings. The molecule has 0 bridgehead atoms. The van der Waals surface area contributed by atoms with Crippen molar-refractivity contribution in [3.05, 3.63) is 101 Å². The number of carboxylic acid groups (broad SMARTS) is 1. The summed E-state index contributed by atoms with van der Waals surface area (Å²) in [5, 5.41) is 9.05. The number of carboxylic acids is 1. The van der Waals surface area contributed by atoms with E-state index >= 15 is 0 Å². The molecule has 2 heterocycles. The first-order chi connectivity index (χ1) is 17.1. The van der Waals surface area contributed by atoms with Gasteiger partial charge in [-0.2, -0.15) is 0 Å². The minimum absolute atomic E-state index is 0.184. The molecule has 0 atom stereocenters. The van der Waals surface area contributed by atoms with Crippen molar-refractivity contribution in [3.8, 4) is 0 Å². The monoisotopic (exact) mass is 469 g/mol. The van der Waals surface area contributed by atoms with E-state index in [9.17, 15) is 9.59 Å². The third-order valence-electron chi connectivity index (χ3n) is 7.17. The Morgan fingerprint density at radius 2 is 1.49 bits per heavy atom. The number of anilines is 1. The molecule has 0 unspecified atom stereocenters. The number of aliphatic carboxylic acids is 1. The van der Waals surface area contributed by atoms with E-state index in [0.29, 0.717) is 18.0 Å². The Labute approximate surface area is 206 Å². The number of benzene rings is 3. The van der Waals surface area contributed by atoms with Gasteiger partial charge in [-0.25, -0.2) is 0 Å². The van der Waals surface area contributed by atoms with E-state index in [4.69, 9.17) is 5.11 Å². The van der Waals surface area contributed by atoms with Crippen LogP contribution in [0.5, 0.6) is 0 Å². The largest absolute Gasteiger partial charge is 0.480 e. The lowest BCUT2D eigenvalue weighted by Gasteiger charge is -2.37. The Hall–Kier alpha value is -3.64. The molecule has 0 saturated carbocycles. The predicted octanol–water partition coefficient (Wildman–Crippen LogP) is 4.07. The molecule has 0 aliphatic carbocycles. The summed E-state index contributed by atoms with van der Waals surface area (Å²) in [6.45, 7) is 4.93. The fourth-order valence-electron chi connectivity index (χ4n) is 5.27. The van der Waals surface area contributed by atoms with Crippen molar-refractivity contribution >= 4 is 17.6 Å². The van der Waals surface area contributed by atoms with Crippen LogP contribution in [0.2, 0.25) is 0 Å². The number of nitrogens with zero attached hydrogens (tertiary/aromatic N) is 3. The van der Waals surface area contributed by atoms with Crippen LogP contribution in [0.3, 0.4) is 0 Å². The van der Waals surface area contributed by atoms with Crippen molar-refractivity contribution in [1.82, 2.24) is 9.80 Å². The van der Waals surface area contributed by atoms with Gasteiger partial charge in [0.15, 0.2) is 0 Å². The zero-order valence-electron chi connectivity index (χ0n) is 19.8. The number of carbonyl (C=O) groups excluding carboxylic acids is 1. The smallest absolute Gasteiger partial charge is 0.323 e. The van der Waals surface area contributed by atoms with Crippen molar-refractivity contribution in [1.29, 1.82) is 0 Å². The Morgan fingerprint density at radius 1 is 0.857 bits per heavy atom. The van der Waals surface area contributed by atoms with Gasteiger partial charge in [0.05, 0.1) is 0 Å². The van der Waals surface area contributed by atoms with E-state index in [1.54, 1.807) is 0 Å². The summed E-state index contributed by atoms with van der Waals surface area (Å²) in [5.74, 6) is -0.785. The molecule has 0 radical (unpaired) electrons. The molecular weight excluding hydrogens is 438 g/mol. The molecule has 1 amide bonds. The maximum atomic E-state index is 12.6. The first kappa shape index (κ1) is 23.1. The highest BCUT2D eigenvalue weighted by Gasteiger charge is 2.30. The molecule has 1 saturated heterocycles. The SMILES string of the molecule is O=C(O)CN1Cc2ccc(N3CCN(CCC(c4ccccc4)c4ccccc4)CC3)cc2C1=O. The second kappa shape index (κ2) is 10.3. The zero-order chi connectivity index (χ0) is 24.2. The van der Waals surface area contributed by atoms with Crippen LogP contribution < -0.4 is 4.90 Å². The lowest BCUT2D eigenvalue weighted by atomic mass is 9.88. The van der Waals surface area contributed by atoms with Crippen LogP contribution in [0, 0.1) is 0 Å². The highest BCUT2D eigenvalue weighted by molar-refractivity contribution is 6.00. The molecule has 1 N–H and O–H groups in total. The van der Waals surface area contributed by atoms with Crippen molar-refractivity contribution in [2.75, 3.05) is 44.2 Å². The highest BCUT2D eigenvalue weighted by atomic mass is 16.4. The van der Waals surface area contributed by atoms with E-state index in [1.807, 2.05) is 12.1 Å². The first-order valence-electron chi connectivity index (χ1n) is 12.3. The van der Waals surface area contributed by atoms with E-state index in [0.717, 1.165) is 50.4 Å². The third-order valence-corrected chi connectivity index (χ3v) is 7.17. The topological polar surface area (TPSA) is 64.1 Å². The maximum absolute atomic E-state index is 12.6. The second-order valence-electron chi connectivity index (χ2n) is 9.39. The summed E-state index contributed by atoms with van der Waals surface area (Å²) in [6, 6.07) is 27.5. The van der Waals surface area contributed by atoms with E-state index in [2.05, 4.69) is 76.5 Å². The van der Waals surface area contributed by atoms with Crippen molar-refractivity contribution in [2.24, 2.45) is 0 Å². The van der Waals surface area contributed by atoms with E-state index < -0.39 is 5.97 Å². The molecule has 5 rings (SSSR count). The van der Waals surface area contributed by atoms with Crippen LogP contribution in [-0.4, -0.2) is 66.1 Å². The van der Waals surface area contributed by atoms with Crippen molar-refractivity contribution < 1.29 is 14.7 Å². The Kier molecular flexibility index (Phi) is 6.82. The van der Waals surface area contributed by atoms with Gasteiger partial charge in [-0.1, -0.05) is 66.7 Å². The molecule has 180 valence electrons. The van der Waals surface area contributed by atoms with Crippen LogP contribution in [0.4, 0.5) is 5.69 Å². The molecule has 0 aromatic heterocycles. The van der Waals surface area contributed by atoms with E-state index in [-0.39, 0.29) is 12.5 Å². The zero-order valence-corrected chi connectivity index (χ0v) is 19.8. The quantitative estimate of drug-likeness (QED) is 0.539. The molecule has 6 nitrogen and oxygen atoms in total. The van der Waals surface area contributed by atoms with Gasteiger partial charge in [0, 0.05) is 49.9 Å². The minimum Gasteiger partial charge on any atom is -0.480 e. The van der Waals surface area contributed by atoms with Gasteiger partial charge >= 0.3 is 5.97 Å². The van der Waals surface area contributed by atoms with Crippen LogP contribution >= 0.6 is 0 Å². The molecule has 6 heteroatoms. The Morgan fingerprint density at radius 3 is 2.09 bits per heavy atom. The van der Waals surface area contributed by atoms with Crippen molar-refractivity contribution in [2.45, 2.75) is 18.9 Å². The number of hydrogen-bond donors (Lipinski definition) is 1. The average molecular weight is 470 g/mol. The maximum Gasteiger partial charge on any atom is 0.323 e. The van der Waals surface area contributed by atoms with Gasteiger partial charge in [-0.3, -0.25) is 14.5 Å². The van der Waals surface area contributed by atoms with Gasteiger partial charge in [-0.05, 0) is 41.8 Å². The van der Waals surface area contributed by atoms with Crippen LogP contribution in [0.1, 0.15) is 39.4 Å². The van der Waals surface area contributed by atoms with Gasteiger partial charge < -0.3 is 14.9 Å². The van der Waals surface area contributed by atoms with Crippen LogP contribution in [0.25, 0.3) is 0 Å². The fraction of sp³-hybridized carbons (Fsp3) is 0.310. The summed E-state index contributed by atoms with van der Waals surface area (Å²) < 4.78 is 0. The summed E-state index contributed by atoms with van der Waals surface area (Å²) in [7, 11) is 0. The predicted molar refractivity (Wildman–Crippen MR) is 137 cm³/mol. The molecule has 2 aliphatic rings. The number of fused-ring (bicyclic) bond motifs is 1. The molecule has 35 heavy (non-hydrogen) atoms. The minimum atomic E-state index is -0.982. The molecule has 2 aliphatic heterocycles. The van der Waals surface area contributed by atoms with E-state index in [1.165, 1.54) is 16.0 Å². The number of amides is 1. The van der Waals surface area contributed by atoms with Gasteiger partial charge in [0.2, 0.25) is 0 Å². The lowest BCUT2D eigenvalue weighted by Crippen LogP contribution is -2.46. The number of rotatable bonds is 8. The lowest BCUT2D eigenvalue weighted by molar-refractivity contribution is -0.137. The second-order valence-corrected chi connectivity index (χ2v) is 9.39. The third kappa shape index (κ3) is 5.23. The molecule has 3 aromatic carbocycles. The summed E-state index contributed by atoms with van der Waals surface area (Å²) in [4.78, 5) is 29.9. The van der Waals surface area contributed by atoms with Gasteiger partial charge in [0.1, 0.15) is 6.54 Å². The Balaban J connectivity index is 1.19. The van der Waals surface area contributed by atoms with Crippen molar-refractivity contribution in [3.63, 3.8) is 0 Å². The standard InChI is InChI=1S/C29H31N3O3/c33-28(34)21-32-20-24-11-12-25(19-27(24)29(32)35)31-17-15-30(16-18-31)14-13-26(22-7-3-1-4-8-22)23-9-5-2-6-10-23/h1-12,19,26H,13-18,20-21H2,(H,33,34). The highest BCUT2D eigenvalue weighted by Crippen LogP contribution is 2.30. The van der Waals surface area contributed by atoms with Crippen LogP contribution in [-0.2, 0) is 11.3 Å². The Bertz CT molecular complexity index is 1130. The van der Waals surface area contributed by atoms with Crippen LogP contribution in [0.15, 0.2) is 78.9 Å². The molecule has 1 fully saturated rings. The normalized spacial score (nSPS) is 16.1. The summed E-state index contributed by atoms with van der Waals surface area (Å²) in [6.07, 6.45) is 1.07. The van der Waals surface area contributed by atoms with Gasteiger partial charge in [0.25, 0.3) is 5.91 Å². The summed E-state index contributed by atoms with van der Waals surface area (Å²) >= 11 is 0. The molecular formula is C29H31N3O3. The number of carbonyl (C=O) groups is 2. The first-order valence-corrected chi connectivity index (χ1v) is 12.3. The summed E-state index contributed by atoms with van der Waals surface area (Å²) in [5.41, 5.74) is 5.31. The number of piperazine rings is 1. The molecule has 0 spiro atoms. The average Bonchev–Trinajstić information content (AvgIpc) is 3.19. The number of hydrogen-bond acceptors (Lipinski definition) is 4. The van der Waals surface area contributed by atoms with Gasteiger partial charge in [-0.15, -0.1) is 0 Å².